The quantitative estimate of drug-likeness (QED) is 0.753. The smallest absolute Gasteiger partial charge is 0.338 e. The Morgan fingerprint density at radius 2 is 2.05 bits per heavy atom. The van der Waals surface area contributed by atoms with Crippen LogP contribution in [-0.2, 0) is 0 Å². The number of fused-ring (bicyclic) bond motifs is 1. The van der Waals surface area contributed by atoms with Gasteiger partial charge in [0.15, 0.2) is 5.65 Å². The zero-order valence-corrected chi connectivity index (χ0v) is 9.89. The molecule has 2 N–H and O–H groups in total. The second kappa shape index (κ2) is 4.37. The predicted octanol–water partition coefficient (Wildman–Crippen LogP) is 2.60. The molecule has 0 aliphatic rings. The molecule has 3 rings (SSSR count). The van der Waals surface area contributed by atoms with E-state index in [-0.39, 0.29) is 28.1 Å². The molecular weight excluding hydrogens is 268 g/mol. The fourth-order valence-corrected chi connectivity index (χ4v) is 1.90. The van der Waals surface area contributed by atoms with E-state index in [1.807, 2.05) is 0 Å². The van der Waals surface area contributed by atoms with E-state index in [0.29, 0.717) is 0 Å². The molecular formula is C13H7F2N3O2. The van der Waals surface area contributed by atoms with Crippen LogP contribution in [0, 0.1) is 11.6 Å². The summed E-state index contributed by atoms with van der Waals surface area (Å²) in [6.07, 6.45) is 1.29. The van der Waals surface area contributed by atoms with Crippen LogP contribution in [0.1, 0.15) is 10.4 Å². The van der Waals surface area contributed by atoms with Gasteiger partial charge in [-0.05, 0) is 24.3 Å². The third-order valence-electron chi connectivity index (χ3n) is 2.81. The molecule has 0 radical (unpaired) electrons. The number of aromatic nitrogens is 3. The van der Waals surface area contributed by atoms with Gasteiger partial charge in [-0.3, -0.25) is 0 Å². The molecule has 5 nitrogen and oxygen atoms in total. The van der Waals surface area contributed by atoms with Crippen LogP contribution in [-0.4, -0.2) is 26.0 Å². The summed E-state index contributed by atoms with van der Waals surface area (Å²) in [5.74, 6) is -2.42. The molecule has 0 unspecified atom stereocenters. The number of nitrogens with one attached hydrogen (secondary N) is 1. The highest BCUT2D eigenvalue weighted by Crippen LogP contribution is 2.24. The van der Waals surface area contributed by atoms with Crippen LogP contribution < -0.4 is 0 Å². The van der Waals surface area contributed by atoms with Crippen LogP contribution in [0.5, 0.6) is 0 Å². The summed E-state index contributed by atoms with van der Waals surface area (Å²) in [4.78, 5) is 21.6. The number of halogens is 2. The number of imidazole rings is 1. The topological polar surface area (TPSA) is 78.9 Å². The number of rotatable bonds is 2. The normalized spacial score (nSPS) is 10.9. The molecule has 0 fully saturated rings. The van der Waals surface area contributed by atoms with E-state index >= 15 is 0 Å². The molecule has 3 aromatic rings. The molecule has 2 aromatic heterocycles. The van der Waals surface area contributed by atoms with Crippen LogP contribution >= 0.6 is 0 Å². The highest BCUT2D eigenvalue weighted by atomic mass is 19.1. The highest BCUT2D eigenvalue weighted by Gasteiger charge is 2.16. The lowest BCUT2D eigenvalue weighted by molar-refractivity contribution is 0.0698. The van der Waals surface area contributed by atoms with Crippen molar-refractivity contribution in [3.63, 3.8) is 0 Å². The van der Waals surface area contributed by atoms with Crippen LogP contribution in [0.2, 0.25) is 0 Å². The summed E-state index contributed by atoms with van der Waals surface area (Å²) in [7, 11) is 0. The number of carbonyl (C=O) groups is 1. The van der Waals surface area contributed by atoms with Gasteiger partial charge in [-0.2, -0.15) is 0 Å². The number of carboxylic acid groups (broad SMARTS) is 1. The fourth-order valence-electron chi connectivity index (χ4n) is 1.90. The van der Waals surface area contributed by atoms with Crippen molar-refractivity contribution in [1.82, 2.24) is 15.0 Å². The van der Waals surface area contributed by atoms with E-state index in [4.69, 9.17) is 5.11 Å². The summed E-state index contributed by atoms with van der Waals surface area (Å²) in [6, 6.07) is 4.24. The third kappa shape index (κ3) is 1.89. The number of benzene rings is 1. The number of nitrogens with zero attached hydrogens (tertiary/aromatic N) is 2. The second-order valence-electron chi connectivity index (χ2n) is 4.07. The monoisotopic (exact) mass is 275 g/mol. The molecule has 0 bridgehead atoms. The van der Waals surface area contributed by atoms with Gasteiger partial charge < -0.3 is 10.1 Å². The Kier molecular flexibility index (Phi) is 2.67. The average molecular weight is 275 g/mol. The summed E-state index contributed by atoms with van der Waals surface area (Å²) in [5, 5.41) is 9.05. The number of aromatic amines is 1. The first kappa shape index (κ1) is 12.2. The van der Waals surface area contributed by atoms with E-state index in [9.17, 15) is 13.6 Å². The van der Waals surface area contributed by atoms with Gasteiger partial charge in [-0.1, -0.05) is 0 Å². The largest absolute Gasteiger partial charge is 0.478 e. The van der Waals surface area contributed by atoms with Gasteiger partial charge >= 0.3 is 5.97 Å². The summed E-state index contributed by atoms with van der Waals surface area (Å²) in [5.41, 5.74) is 0.173. The summed E-state index contributed by atoms with van der Waals surface area (Å²) >= 11 is 0. The predicted molar refractivity (Wildman–Crippen MR) is 66.2 cm³/mol. The lowest BCUT2D eigenvalue weighted by Gasteiger charge is -1.98. The second-order valence-corrected chi connectivity index (χ2v) is 4.07. The van der Waals surface area contributed by atoms with E-state index in [0.717, 1.165) is 18.2 Å². The van der Waals surface area contributed by atoms with Crippen molar-refractivity contribution in [3.05, 3.63) is 47.7 Å². The Morgan fingerprint density at radius 3 is 2.80 bits per heavy atom. The van der Waals surface area contributed by atoms with Gasteiger partial charge in [0, 0.05) is 6.20 Å². The number of pyridine rings is 1. The maximum Gasteiger partial charge on any atom is 0.338 e. The maximum absolute atomic E-state index is 13.7. The zero-order valence-electron chi connectivity index (χ0n) is 9.89. The van der Waals surface area contributed by atoms with Gasteiger partial charge in [0.2, 0.25) is 0 Å². The van der Waals surface area contributed by atoms with Crippen molar-refractivity contribution < 1.29 is 18.7 Å². The fraction of sp³-hybridized carbons (Fsp3) is 0. The van der Waals surface area contributed by atoms with Crippen LogP contribution in [0.25, 0.3) is 22.6 Å². The van der Waals surface area contributed by atoms with E-state index in [1.165, 1.54) is 12.3 Å². The molecule has 2 heterocycles. The van der Waals surface area contributed by atoms with Crippen molar-refractivity contribution >= 4 is 17.1 Å². The number of H-pyrrole nitrogens is 1. The molecule has 20 heavy (non-hydrogen) atoms. The summed E-state index contributed by atoms with van der Waals surface area (Å²) < 4.78 is 26.9. The maximum atomic E-state index is 13.7. The molecule has 0 saturated heterocycles. The van der Waals surface area contributed by atoms with Crippen LogP contribution in [0.4, 0.5) is 8.78 Å². The standard InChI is InChI=1S/C13H7F2N3O2/c14-6-1-2-9(15)8(5-6)11-17-10-7(13(19)20)3-4-16-12(10)18-11/h1-5H,(H,19,20)(H,16,17,18). The van der Waals surface area contributed by atoms with Crippen molar-refractivity contribution in [1.29, 1.82) is 0 Å². The number of aromatic carboxylic acids is 1. The Morgan fingerprint density at radius 1 is 1.25 bits per heavy atom. The first-order chi connectivity index (χ1) is 9.56. The molecule has 100 valence electrons. The molecule has 1 aromatic carbocycles. The number of hydrogen-bond donors (Lipinski definition) is 2. The highest BCUT2D eigenvalue weighted by molar-refractivity contribution is 6.00. The molecule has 0 aliphatic heterocycles. The van der Waals surface area contributed by atoms with Gasteiger partial charge in [0.05, 0.1) is 16.6 Å². The molecule has 0 aliphatic carbocycles. The van der Waals surface area contributed by atoms with Crippen molar-refractivity contribution in [3.8, 4) is 11.4 Å². The van der Waals surface area contributed by atoms with Gasteiger partial charge in [-0.15, -0.1) is 0 Å². The Bertz CT molecular complexity index is 830. The van der Waals surface area contributed by atoms with Gasteiger partial charge in [-0.25, -0.2) is 23.5 Å². The SMILES string of the molecule is O=C(O)c1ccnc2nc(-c3cc(F)ccc3F)[nH]c12. The van der Waals surface area contributed by atoms with Crippen molar-refractivity contribution in [2.75, 3.05) is 0 Å². The number of carboxylic acids is 1. The van der Waals surface area contributed by atoms with Crippen molar-refractivity contribution in [2.24, 2.45) is 0 Å². The van der Waals surface area contributed by atoms with Crippen molar-refractivity contribution in [2.45, 2.75) is 0 Å². The van der Waals surface area contributed by atoms with E-state index in [2.05, 4.69) is 15.0 Å². The lowest BCUT2D eigenvalue weighted by atomic mass is 10.2. The van der Waals surface area contributed by atoms with Gasteiger partial charge in [0.1, 0.15) is 17.5 Å². The Balaban J connectivity index is 2.26. The van der Waals surface area contributed by atoms with Crippen LogP contribution in [0.3, 0.4) is 0 Å². The first-order valence-electron chi connectivity index (χ1n) is 5.59. The minimum absolute atomic E-state index is 0.0261. The minimum atomic E-state index is -1.16. The molecule has 7 heteroatoms. The molecule has 0 atom stereocenters. The lowest BCUT2D eigenvalue weighted by Crippen LogP contribution is -1.97. The average Bonchev–Trinajstić information content (AvgIpc) is 2.84. The molecule has 0 saturated carbocycles. The third-order valence-corrected chi connectivity index (χ3v) is 2.81. The Hall–Kier alpha value is -2.83. The first-order valence-corrected chi connectivity index (χ1v) is 5.59. The molecule has 0 amide bonds. The summed E-state index contributed by atoms with van der Waals surface area (Å²) in [6.45, 7) is 0. The van der Waals surface area contributed by atoms with Crippen LogP contribution in [0.15, 0.2) is 30.5 Å². The van der Waals surface area contributed by atoms with E-state index < -0.39 is 17.6 Å². The Labute approximate surface area is 110 Å². The minimum Gasteiger partial charge on any atom is -0.478 e. The van der Waals surface area contributed by atoms with E-state index in [1.54, 1.807) is 0 Å². The molecule has 0 spiro atoms. The number of hydrogen-bond acceptors (Lipinski definition) is 3. The van der Waals surface area contributed by atoms with Gasteiger partial charge in [0.25, 0.3) is 0 Å². The zero-order chi connectivity index (χ0) is 14.3.